The van der Waals surface area contributed by atoms with Gasteiger partial charge in [0.05, 0.1) is 0 Å². The maximum absolute atomic E-state index is 12.7. The molecule has 0 unspecified atom stereocenters. The maximum atomic E-state index is 12.7. The van der Waals surface area contributed by atoms with Gasteiger partial charge < -0.3 is 10.5 Å². The summed E-state index contributed by atoms with van der Waals surface area (Å²) in [6, 6.07) is 7.66. The van der Waals surface area contributed by atoms with Crippen LogP contribution in [0, 0.1) is 13.8 Å². The first-order chi connectivity index (χ1) is 9.81. The standard InChI is InChI=1S/C15H15F3N2O/c1-9-3-4-10(2)12(7-9)21-14-11(8-19)5-6-13(20-14)15(16,17)18/h3-7H,8,19H2,1-2H3. The lowest BCUT2D eigenvalue weighted by atomic mass is 10.1. The zero-order valence-electron chi connectivity index (χ0n) is 11.7. The van der Waals surface area contributed by atoms with Crippen LogP contribution in [0.3, 0.4) is 0 Å². The number of ether oxygens (including phenoxy) is 1. The Bertz CT molecular complexity index is 654. The molecule has 1 aromatic carbocycles. The molecular formula is C15H15F3N2O. The maximum Gasteiger partial charge on any atom is 0.433 e. The van der Waals surface area contributed by atoms with E-state index < -0.39 is 11.9 Å². The average molecular weight is 296 g/mol. The van der Waals surface area contributed by atoms with Crippen LogP contribution in [-0.2, 0) is 12.7 Å². The number of benzene rings is 1. The third-order valence-electron chi connectivity index (χ3n) is 3.00. The van der Waals surface area contributed by atoms with Gasteiger partial charge in [0.25, 0.3) is 0 Å². The predicted molar refractivity (Wildman–Crippen MR) is 73.1 cm³/mol. The molecule has 3 nitrogen and oxygen atoms in total. The number of hydrogen-bond acceptors (Lipinski definition) is 3. The lowest BCUT2D eigenvalue weighted by Crippen LogP contribution is -2.11. The Balaban J connectivity index is 2.44. The lowest BCUT2D eigenvalue weighted by Gasteiger charge is -2.14. The second-order valence-electron chi connectivity index (χ2n) is 4.73. The molecule has 2 N–H and O–H groups in total. The van der Waals surface area contributed by atoms with Crippen LogP contribution in [0.5, 0.6) is 11.6 Å². The molecule has 2 aromatic rings. The molecule has 0 aliphatic rings. The summed E-state index contributed by atoms with van der Waals surface area (Å²) in [6.07, 6.45) is -4.52. The number of hydrogen-bond donors (Lipinski definition) is 1. The number of halogens is 3. The van der Waals surface area contributed by atoms with E-state index in [1.54, 1.807) is 6.07 Å². The van der Waals surface area contributed by atoms with Gasteiger partial charge in [0.1, 0.15) is 11.4 Å². The Labute approximate surface area is 120 Å². The van der Waals surface area contributed by atoms with E-state index >= 15 is 0 Å². The molecule has 6 heteroatoms. The van der Waals surface area contributed by atoms with Gasteiger partial charge >= 0.3 is 6.18 Å². The molecule has 0 saturated carbocycles. The minimum atomic E-state index is -4.52. The van der Waals surface area contributed by atoms with Crippen molar-refractivity contribution in [3.8, 4) is 11.6 Å². The number of nitrogens with zero attached hydrogens (tertiary/aromatic N) is 1. The van der Waals surface area contributed by atoms with Gasteiger partial charge in [0, 0.05) is 12.1 Å². The molecule has 0 aliphatic heterocycles. The number of pyridine rings is 1. The molecule has 112 valence electrons. The normalized spacial score (nSPS) is 11.5. The highest BCUT2D eigenvalue weighted by atomic mass is 19.4. The van der Waals surface area contributed by atoms with Gasteiger partial charge in [-0.3, -0.25) is 0 Å². The van der Waals surface area contributed by atoms with Gasteiger partial charge in [-0.05, 0) is 37.1 Å². The zero-order chi connectivity index (χ0) is 15.6. The fourth-order valence-electron chi connectivity index (χ4n) is 1.79. The van der Waals surface area contributed by atoms with E-state index in [2.05, 4.69) is 4.98 Å². The molecule has 0 aliphatic carbocycles. The van der Waals surface area contributed by atoms with Crippen LogP contribution >= 0.6 is 0 Å². The molecule has 0 spiro atoms. The minimum Gasteiger partial charge on any atom is -0.438 e. The predicted octanol–water partition coefficient (Wildman–Crippen LogP) is 3.97. The molecule has 2 rings (SSSR count). The molecule has 0 atom stereocenters. The van der Waals surface area contributed by atoms with E-state index in [4.69, 9.17) is 10.5 Å². The van der Waals surface area contributed by atoms with Crippen molar-refractivity contribution in [2.24, 2.45) is 5.73 Å². The second kappa shape index (κ2) is 5.73. The van der Waals surface area contributed by atoms with E-state index in [1.807, 2.05) is 26.0 Å². The van der Waals surface area contributed by atoms with Crippen molar-refractivity contribution in [2.45, 2.75) is 26.6 Å². The van der Waals surface area contributed by atoms with Gasteiger partial charge in [-0.2, -0.15) is 13.2 Å². The van der Waals surface area contributed by atoms with E-state index in [0.29, 0.717) is 11.3 Å². The summed E-state index contributed by atoms with van der Waals surface area (Å²) in [4.78, 5) is 3.55. The highest BCUT2D eigenvalue weighted by molar-refractivity contribution is 5.40. The summed E-state index contributed by atoms with van der Waals surface area (Å²) in [6.45, 7) is 3.73. The van der Waals surface area contributed by atoms with Crippen molar-refractivity contribution >= 4 is 0 Å². The van der Waals surface area contributed by atoms with E-state index in [1.165, 1.54) is 6.07 Å². The SMILES string of the molecule is Cc1ccc(C)c(Oc2nc(C(F)(F)F)ccc2CN)c1. The Kier molecular flexibility index (Phi) is 4.18. The van der Waals surface area contributed by atoms with Crippen LogP contribution in [0.15, 0.2) is 30.3 Å². The quantitative estimate of drug-likeness (QED) is 0.932. The van der Waals surface area contributed by atoms with Crippen LogP contribution in [0.1, 0.15) is 22.4 Å². The Morgan fingerprint density at radius 1 is 1.14 bits per heavy atom. The number of aryl methyl sites for hydroxylation is 2. The Morgan fingerprint density at radius 2 is 1.86 bits per heavy atom. The van der Waals surface area contributed by atoms with Crippen LogP contribution < -0.4 is 10.5 Å². The first kappa shape index (κ1) is 15.3. The van der Waals surface area contributed by atoms with Gasteiger partial charge in [0.15, 0.2) is 0 Å². The van der Waals surface area contributed by atoms with E-state index in [9.17, 15) is 13.2 Å². The lowest BCUT2D eigenvalue weighted by molar-refractivity contribution is -0.141. The van der Waals surface area contributed by atoms with Crippen molar-refractivity contribution in [3.05, 3.63) is 52.7 Å². The number of alkyl halides is 3. The van der Waals surface area contributed by atoms with Crippen LogP contribution in [0.4, 0.5) is 13.2 Å². The monoisotopic (exact) mass is 296 g/mol. The Hall–Kier alpha value is -2.08. The summed E-state index contributed by atoms with van der Waals surface area (Å²) >= 11 is 0. The molecule has 0 fully saturated rings. The van der Waals surface area contributed by atoms with Gasteiger partial charge in [-0.25, -0.2) is 4.98 Å². The fraction of sp³-hybridized carbons (Fsp3) is 0.267. The number of nitrogens with two attached hydrogens (primary N) is 1. The highest BCUT2D eigenvalue weighted by Crippen LogP contribution is 2.32. The summed E-state index contributed by atoms with van der Waals surface area (Å²) in [5.41, 5.74) is 6.70. The first-order valence-corrected chi connectivity index (χ1v) is 6.33. The fourth-order valence-corrected chi connectivity index (χ4v) is 1.79. The molecule has 0 amide bonds. The molecule has 0 radical (unpaired) electrons. The third-order valence-corrected chi connectivity index (χ3v) is 3.00. The summed E-state index contributed by atoms with van der Waals surface area (Å²) in [5.74, 6) is 0.359. The number of aromatic nitrogens is 1. The molecule has 0 saturated heterocycles. The van der Waals surface area contributed by atoms with Gasteiger partial charge in [-0.15, -0.1) is 0 Å². The molecule has 0 bridgehead atoms. The third kappa shape index (κ3) is 3.52. The van der Waals surface area contributed by atoms with Crippen LogP contribution in [0.25, 0.3) is 0 Å². The van der Waals surface area contributed by atoms with Crippen molar-refractivity contribution < 1.29 is 17.9 Å². The van der Waals surface area contributed by atoms with E-state index in [-0.39, 0.29) is 12.4 Å². The minimum absolute atomic E-state index is 0.0470. The highest BCUT2D eigenvalue weighted by Gasteiger charge is 2.33. The first-order valence-electron chi connectivity index (χ1n) is 6.33. The van der Waals surface area contributed by atoms with Gasteiger partial charge in [0.2, 0.25) is 5.88 Å². The van der Waals surface area contributed by atoms with Crippen molar-refractivity contribution in [2.75, 3.05) is 0 Å². The summed E-state index contributed by atoms with van der Waals surface area (Å²) in [5, 5.41) is 0. The van der Waals surface area contributed by atoms with Crippen molar-refractivity contribution in [3.63, 3.8) is 0 Å². The summed E-state index contributed by atoms with van der Waals surface area (Å²) < 4.78 is 43.8. The number of rotatable bonds is 3. The Morgan fingerprint density at radius 3 is 2.48 bits per heavy atom. The summed E-state index contributed by atoms with van der Waals surface area (Å²) in [7, 11) is 0. The van der Waals surface area contributed by atoms with Gasteiger partial charge in [-0.1, -0.05) is 18.2 Å². The largest absolute Gasteiger partial charge is 0.438 e. The molecular weight excluding hydrogens is 281 g/mol. The van der Waals surface area contributed by atoms with Crippen molar-refractivity contribution in [1.29, 1.82) is 0 Å². The van der Waals surface area contributed by atoms with E-state index in [0.717, 1.165) is 17.2 Å². The van der Waals surface area contributed by atoms with Crippen LogP contribution in [0.2, 0.25) is 0 Å². The smallest absolute Gasteiger partial charge is 0.433 e. The topological polar surface area (TPSA) is 48.1 Å². The molecule has 1 heterocycles. The molecule has 21 heavy (non-hydrogen) atoms. The second-order valence-corrected chi connectivity index (χ2v) is 4.73. The van der Waals surface area contributed by atoms with Crippen LogP contribution in [-0.4, -0.2) is 4.98 Å². The average Bonchev–Trinajstić information content (AvgIpc) is 2.42. The molecule has 1 aromatic heterocycles. The zero-order valence-corrected chi connectivity index (χ0v) is 11.7. The van der Waals surface area contributed by atoms with Crippen molar-refractivity contribution in [1.82, 2.24) is 4.98 Å².